The lowest BCUT2D eigenvalue weighted by molar-refractivity contribution is -0.117. The van der Waals surface area contributed by atoms with Crippen molar-refractivity contribution in [1.29, 1.82) is 0 Å². The Labute approximate surface area is 123 Å². The molecule has 2 rings (SSSR count). The number of rotatable bonds is 3. The summed E-state index contributed by atoms with van der Waals surface area (Å²) in [6.45, 7) is 6.15. The van der Waals surface area contributed by atoms with Crippen molar-refractivity contribution in [3.05, 3.63) is 27.7 Å². The van der Waals surface area contributed by atoms with Gasteiger partial charge in [-0.15, -0.1) is 0 Å². The predicted molar refractivity (Wildman–Crippen MR) is 82.5 cm³/mol. The van der Waals surface area contributed by atoms with Gasteiger partial charge in [-0.2, -0.15) is 0 Å². The van der Waals surface area contributed by atoms with Crippen molar-refractivity contribution in [3.63, 3.8) is 0 Å². The maximum atomic E-state index is 12.0. The third-order valence-corrected chi connectivity index (χ3v) is 4.90. The molecule has 0 bridgehead atoms. The van der Waals surface area contributed by atoms with Gasteiger partial charge in [0.05, 0.1) is 0 Å². The van der Waals surface area contributed by atoms with Gasteiger partial charge < -0.3 is 10.6 Å². The lowest BCUT2D eigenvalue weighted by Gasteiger charge is -2.22. The molecule has 4 heteroatoms. The van der Waals surface area contributed by atoms with E-state index in [-0.39, 0.29) is 5.91 Å². The number of halogens is 1. The standard InChI is InChI=1S/C15H21BrN2O/c1-10-7-13(8-11(2)15(10)16)18-14(19)9-12-3-5-17-6-4-12/h7-8,12,17H,3-6,9H2,1-2H3,(H,18,19). The zero-order valence-electron chi connectivity index (χ0n) is 11.6. The summed E-state index contributed by atoms with van der Waals surface area (Å²) < 4.78 is 1.11. The molecule has 1 fully saturated rings. The molecule has 104 valence electrons. The summed E-state index contributed by atoms with van der Waals surface area (Å²) in [5.41, 5.74) is 3.20. The van der Waals surface area contributed by atoms with Crippen LogP contribution in [0.2, 0.25) is 0 Å². The molecule has 0 spiro atoms. The van der Waals surface area contributed by atoms with Crippen LogP contribution in [-0.4, -0.2) is 19.0 Å². The van der Waals surface area contributed by atoms with E-state index in [0.717, 1.165) is 47.2 Å². The average molecular weight is 325 g/mol. The number of amides is 1. The summed E-state index contributed by atoms with van der Waals surface area (Å²) in [6.07, 6.45) is 2.84. The van der Waals surface area contributed by atoms with Crippen molar-refractivity contribution in [1.82, 2.24) is 5.32 Å². The third-order valence-electron chi connectivity index (χ3n) is 3.65. The van der Waals surface area contributed by atoms with Crippen LogP contribution in [0, 0.1) is 19.8 Å². The number of aryl methyl sites for hydroxylation is 2. The Morgan fingerprint density at radius 2 is 1.89 bits per heavy atom. The molecule has 0 aromatic heterocycles. The molecular formula is C15H21BrN2O. The van der Waals surface area contributed by atoms with Crippen molar-refractivity contribution >= 4 is 27.5 Å². The van der Waals surface area contributed by atoms with Crippen LogP contribution in [0.1, 0.15) is 30.4 Å². The summed E-state index contributed by atoms with van der Waals surface area (Å²) in [7, 11) is 0. The third kappa shape index (κ3) is 4.05. The van der Waals surface area contributed by atoms with Crippen LogP contribution < -0.4 is 10.6 Å². The minimum absolute atomic E-state index is 0.132. The van der Waals surface area contributed by atoms with Crippen molar-refractivity contribution < 1.29 is 4.79 Å². The Hall–Kier alpha value is -0.870. The Morgan fingerprint density at radius 1 is 1.32 bits per heavy atom. The molecule has 0 atom stereocenters. The van der Waals surface area contributed by atoms with Crippen LogP contribution >= 0.6 is 15.9 Å². The molecule has 2 N–H and O–H groups in total. The fourth-order valence-corrected chi connectivity index (χ4v) is 2.81. The highest BCUT2D eigenvalue weighted by atomic mass is 79.9. The fourth-order valence-electron chi connectivity index (χ4n) is 2.58. The summed E-state index contributed by atoms with van der Waals surface area (Å²) in [4.78, 5) is 12.0. The number of benzene rings is 1. The van der Waals surface area contributed by atoms with Crippen molar-refractivity contribution in [2.75, 3.05) is 18.4 Å². The van der Waals surface area contributed by atoms with Gasteiger partial charge in [-0.1, -0.05) is 15.9 Å². The highest BCUT2D eigenvalue weighted by Crippen LogP contribution is 2.25. The van der Waals surface area contributed by atoms with Gasteiger partial charge in [0.25, 0.3) is 0 Å². The lowest BCUT2D eigenvalue weighted by Crippen LogP contribution is -2.30. The van der Waals surface area contributed by atoms with Crippen LogP contribution in [0.15, 0.2) is 16.6 Å². The maximum absolute atomic E-state index is 12.0. The van der Waals surface area contributed by atoms with Gasteiger partial charge in [-0.25, -0.2) is 0 Å². The molecule has 0 aliphatic carbocycles. The number of carbonyl (C=O) groups excluding carboxylic acids is 1. The van der Waals surface area contributed by atoms with Gasteiger partial charge in [0.1, 0.15) is 0 Å². The van der Waals surface area contributed by atoms with E-state index in [1.165, 1.54) is 0 Å². The molecule has 3 nitrogen and oxygen atoms in total. The Morgan fingerprint density at radius 3 is 2.47 bits per heavy atom. The Kier molecular flexibility index (Phi) is 4.99. The highest BCUT2D eigenvalue weighted by molar-refractivity contribution is 9.10. The topological polar surface area (TPSA) is 41.1 Å². The first kappa shape index (κ1) is 14.5. The van der Waals surface area contributed by atoms with E-state index < -0.39 is 0 Å². The molecule has 1 saturated heterocycles. The van der Waals surface area contributed by atoms with Crippen molar-refractivity contribution in [2.45, 2.75) is 33.1 Å². The fraction of sp³-hybridized carbons (Fsp3) is 0.533. The molecule has 1 aromatic carbocycles. The zero-order valence-corrected chi connectivity index (χ0v) is 13.1. The molecule has 0 unspecified atom stereocenters. The highest BCUT2D eigenvalue weighted by Gasteiger charge is 2.17. The van der Waals surface area contributed by atoms with Gasteiger partial charge in [0.15, 0.2) is 0 Å². The van der Waals surface area contributed by atoms with Gasteiger partial charge in [0.2, 0.25) is 5.91 Å². The second kappa shape index (κ2) is 6.53. The number of hydrogen-bond acceptors (Lipinski definition) is 2. The molecule has 0 saturated carbocycles. The van der Waals surface area contributed by atoms with E-state index in [2.05, 4.69) is 26.6 Å². The van der Waals surface area contributed by atoms with Crippen LogP contribution in [0.4, 0.5) is 5.69 Å². The summed E-state index contributed by atoms with van der Waals surface area (Å²) in [6, 6.07) is 4.02. The quantitative estimate of drug-likeness (QED) is 0.894. The maximum Gasteiger partial charge on any atom is 0.224 e. The number of anilines is 1. The van der Waals surface area contributed by atoms with Crippen LogP contribution in [0.25, 0.3) is 0 Å². The number of nitrogens with one attached hydrogen (secondary N) is 2. The van der Waals surface area contributed by atoms with Gasteiger partial charge in [-0.3, -0.25) is 4.79 Å². The largest absolute Gasteiger partial charge is 0.326 e. The number of piperidine rings is 1. The summed E-state index contributed by atoms with van der Waals surface area (Å²) >= 11 is 3.54. The molecule has 19 heavy (non-hydrogen) atoms. The van der Waals surface area contributed by atoms with Crippen molar-refractivity contribution in [2.24, 2.45) is 5.92 Å². The predicted octanol–water partition coefficient (Wildman–Crippen LogP) is 3.39. The normalized spacial score (nSPS) is 16.4. The monoisotopic (exact) mass is 324 g/mol. The Balaban J connectivity index is 1.94. The zero-order chi connectivity index (χ0) is 13.8. The van der Waals surface area contributed by atoms with E-state index in [1.54, 1.807) is 0 Å². The van der Waals surface area contributed by atoms with Crippen LogP contribution in [0.5, 0.6) is 0 Å². The second-order valence-corrected chi connectivity index (χ2v) is 6.16. The molecule has 1 aliphatic rings. The van der Waals surface area contributed by atoms with E-state index in [9.17, 15) is 4.79 Å². The van der Waals surface area contributed by atoms with Crippen LogP contribution in [-0.2, 0) is 4.79 Å². The SMILES string of the molecule is Cc1cc(NC(=O)CC2CCNCC2)cc(C)c1Br. The molecule has 1 aliphatic heterocycles. The molecule has 1 heterocycles. The number of hydrogen-bond donors (Lipinski definition) is 2. The first-order valence-corrected chi connectivity index (χ1v) is 7.63. The van der Waals surface area contributed by atoms with E-state index in [4.69, 9.17) is 0 Å². The number of carbonyl (C=O) groups is 1. The lowest BCUT2D eigenvalue weighted by atomic mass is 9.94. The molecule has 0 radical (unpaired) electrons. The van der Waals surface area contributed by atoms with Gasteiger partial charge in [-0.05, 0) is 69.0 Å². The van der Waals surface area contributed by atoms with E-state index in [1.807, 2.05) is 26.0 Å². The minimum atomic E-state index is 0.132. The van der Waals surface area contributed by atoms with E-state index in [0.29, 0.717) is 12.3 Å². The van der Waals surface area contributed by atoms with Gasteiger partial charge in [0, 0.05) is 16.6 Å². The first-order chi connectivity index (χ1) is 9.06. The molecule has 1 aromatic rings. The average Bonchev–Trinajstić information content (AvgIpc) is 2.37. The van der Waals surface area contributed by atoms with E-state index >= 15 is 0 Å². The summed E-state index contributed by atoms with van der Waals surface area (Å²) in [5, 5.41) is 6.34. The second-order valence-electron chi connectivity index (χ2n) is 5.37. The smallest absolute Gasteiger partial charge is 0.224 e. The minimum Gasteiger partial charge on any atom is -0.326 e. The van der Waals surface area contributed by atoms with Crippen LogP contribution in [0.3, 0.4) is 0 Å². The van der Waals surface area contributed by atoms with Crippen molar-refractivity contribution in [3.8, 4) is 0 Å². The first-order valence-electron chi connectivity index (χ1n) is 6.83. The molecule has 1 amide bonds. The van der Waals surface area contributed by atoms with Gasteiger partial charge >= 0.3 is 0 Å². The Bertz CT molecular complexity index is 444. The molecular weight excluding hydrogens is 304 g/mol. The summed E-state index contributed by atoms with van der Waals surface area (Å²) in [5.74, 6) is 0.659.